The standard InChI is InChI=1S/C27H30N2O6/c30-24(29-23-9-10-34-25(23)26(31)32)13-16-11-17(12-16)14-28-27(33)35-15-22-20-7-3-1-5-18(20)19-6-2-4-8-21(19)22/h1-8,16-17,22-23,25H,9-15H2,(H,28,33)(H,29,30)(H,31,32). The Morgan fingerprint density at radius 2 is 1.63 bits per heavy atom. The lowest BCUT2D eigenvalue weighted by molar-refractivity contribution is -0.148. The average molecular weight is 479 g/mol. The lowest BCUT2D eigenvalue weighted by atomic mass is 9.73. The molecule has 8 nitrogen and oxygen atoms in total. The SMILES string of the molecule is O=C(CC1CC(CNC(=O)OCC2c3ccccc3-c3ccccc32)C1)NC1CCOC1C(=O)O. The Morgan fingerprint density at radius 1 is 0.971 bits per heavy atom. The van der Waals surface area contributed by atoms with Crippen LogP contribution in [0.15, 0.2) is 48.5 Å². The van der Waals surface area contributed by atoms with Crippen molar-refractivity contribution >= 4 is 18.0 Å². The summed E-state index contributed by atoms with van der Waals surface area (Å²) in [5.41, 5.74) is 4.75. The van der Waals surface area contributed by atoms with Gasteiger partial charge in [0.15, 0.2) is 6.10 Å². The minimum absolute atomic E-state index is 0.0331. The highest BCUT2D eigenvalue weighted by Gasteiger charge is 2.37. The van der Waals surface area contributed by atoms with Gasteiger partial charge in [-0.3, -0.25) is 4.79 Å². The Labute approximate surface area is 204 Å². The number of carbonyl (C=O) groups is 3. The molecule has 1 saturated heterocycles. The van der Waals surface area contributed by atoms with Gasteiger partial charge in [-0.05, 0) is 53.4 Å². The molecule has 2 unspecified atom stereocenters. The van der Waals surface area contributed by atoms with Crippen LogP contribution < -0.4 is 10.6 Å². The predicted octanol–water partition coefficient (Wildman–Crippen LogP) is 3.30. The first-order valence-electron chi connectivity index (χ1n) is 12.2. The second-order valence-electron chi connectivity index (χ2n) is 9.71. The number of hydrogen-bond acceptors (Lipinski definition) is 5. The van der Waals surface area contributed by atoms with Gasteiger partial charge in [0.1, 0.15) is 6.61 Å². The molecule has 2 amide bonds. The second kappa shape index (κ2) is 10.1. The number of benzene rings is 2. The molecule has 2 aromatic carbocycles. The van der Waals surface area contributed by atoms with E-state index in [4.69, 9.17) is 14.6 Å². The van der Waals surface area contributed by atoms with Crippen LogP contribution in [0.2, 0.25) is 0 Å². The maximum absolute atomic E-state index is 12.3. The number of alkyl carbamates (subject to hydrolysis) is 1. The predicted molar refractivity (Wildman–Crippen MR) is 128 cm³/mol. The summed E-state index contributed by atoms with van der Waals surface area (Å²) in [6.07, 6.45) is 1.19. The molecule has 2 fully saturated rings. The van der Waals surface area contributed by atoms with E-state index in [1.54, 1.807) is 0 Å². The number of carbonyl (C=O) groups excluding carboxylic acids is 2. The lowest BCUT2D eigenvalue weighted by Crippen LogP contribution is -2.45. The van der Waals surface area contributed by atoms with E-state index >= 15 is 0 Å². The molecule has 0 spiro atoms. The molecule has 5 rings (SSSR count). The van der Waals surface area contributed by atoms with Crippen molar-refractivity contribution in [2.24, 2.45) is 11.8 Å². The van der Waals surface area contributed by atoms with E-state index in [2.05, 4.69) is 34.9 Å². The largest absolute Gasteiger partial charge is 0.479 e. The van der Waals surface area contributed by atoms with Crippen LogP contribution in [0.3, 0.4) is 0 Å². The van der Waals surface area contributed by atoms with Crippen LogP contribution in [0.1, 0.15) is 42.7 Å². The molecule has 1 aliphatic heterocycles. The molecular formula is C27H30N2O6. The van der Waals surface area contributed by atoms with Crippen LogP contribution in [0.5, 0.6) is 0 Å². The van der Waals surface area contributed by atoms with Crippen LogP contribution in [-0.4, -0.2) is 55.0 Å². The minimum Gasteiger partial charge on any atom is -0.479 e. The molecule has 3 aliphatic rings. The highest BCUT2D eigenvalue weighted by atomic mass is 16.5. The maximum atomic E-state index is 12.3. The molecule has 2 atom stereocenters. The zero-order chi connectivity index (χ0) is 24.4. The smallest absolute Gasteiger partial charge is 0.407 e. The number of ether oxygens (including phenoxy) is 2. The number of nitrogens with one attached hydrogen (secondary N) is 2. The van der Waals surface area contributed by atoms with E-state index in [-0.39, 0.29) is 24.3 Å². The van der Waals surface area contributed by atoms with Crippen molar-refractivity contribution in [3.8, 4) is 11.1 Å². The molecule has 0 aromatic heterocycles. The van der Waals surface area contributed by atoms with Crippen LogP contribution >= 0.6 is 0 Å². The molecule has 184 valence electrons. The van der Waals surface area contributed by atoms with Gasteiger partial charge in [-0.2, -0.15) is 0 Å². The van der Waals surface area contributed by atoms with Crippen LogP contribution in [0.25, 0.3) is 11.1 Å². The fraction of sp³-hybridized carbons (Fsp3) is 0.444. The first kappa shape index (κ1) is 23.4. The topological polar surface area (TPSA) is 114 Å². The van der Waals surface area contributed by atoms with Gasteiger partial charge in [0.05, 0.1) is 6.04 Å². The Balaban J connectivity index is 1.02. The number of amides is 2. The third kappa shape index (κ3) is 5.03. The van der Waals surface area contributed by atoms with Gasteiger partial charge in [0.2, 0.25) is 5.91 Å². The van der Waals surface area contributed by atoms with E-state index in [0.29, 0.717) is 31.9 Å². The lowest BCUT2D eigenvalue weighted by Gasteiger charge is -2.35. The zero-order valence-electron chi connectivity index (χ0n) is 19.4. The molecule has 35 heavy (non-hydrogen) atoms. The fourth-order valence-electron chi connectivity index (χ4n) is 5.59. The average Bonchev–Trinajstić information content (AvgIpc) is 3.41. The Hall–Kier alpha value is -3.39. The van der Waals surface area contributed by atoms with Gasteiger partial charge in [0, 0.05) is 25.5 Å². The first-order chi connectivity index (χ1) is 17.0. The molecular weight excluding hydrogens is 448 g/mol. The molecule has 8 heteroatoms. The maximum Gasteiger partial charge on any atom is 0.407 e. The summed E-state index contributed by atoms with van der Waals surface area (Å²) < 4.78 is 10.7. The molecule has 2 aliphatic carbocycles. The van der Waals surface area contributed by atoms with E-state index in [1.165, 1.54) is 22.3 Å². The van der Waals surface area contributed by atoms with Crippen molar-refractivity contribution in [3.05, 3.63) is 59.7 Å². The molecule has 0 radical (unpaired) electrons. The third-order valence-electron chi connectivity index (χ3n) is 7.37. The van der Waals surface area contributed by atoms with Crippen molar-refractivity contribution in [1.82, 2.24) is 10.6 Å². The van der Waals surface area contributed by atoms with E-state index in [0.717, 1.165) is 12.8 Å². The number of fused-ring (bicyclic) bond motifs is 3. The van der Waals surface area contributed by atoms with Crippen molar-refractivity contribution in [1.29, 1.82) is 0 Å². The quantitative estimate of drug-likeness (QED) is 0.537. The number of aliphatic carboxylic acids is 1. The first-order valence-corrected chi connectivity index (χ1v) is 12.2. The van der Waals surface area contributed by atoms with E-state index in [1.807, 2.05) is 24.3 Å². The summed E-state index contributed by atoms with van der Waals surface area (Å²) in [4.78, 5) is 35.8. The number of hydrogen-bond donors (Lipinski definition) is 3. The zero-order valence-corrected chi connectivity index (χ0v) is 19.4. The third-order valence-corrected chi connectivity index (χ3v) is 7.37. The fourth-order valence-corrected chi connectivity index (χ4v) is 5.59. The number of carboxylic acids is 1. The molecule has 1 saturated carbocycles. The Morgan fingerprint density at radius 3 is 2.29 bits per heavy atom. The van der Waals surface area contributed by atoms with Gasteiger partial charge in [0.25, 0.3) is 0 Å². The summed E-state index contributed by atoms with van der Waals surface area (Å²) in [6, 6.07) is 16.0. The monoisotopic (exact) mass is 478 g/mol. The highest BCUT2D eigenvalue weighted by molar-refractivity contribution is 5.80. The number of carboxylic acid groups (broad SMARTS) is 1. The van der Waals surface area contributed by atoms with Crippen LogP contribution in [-0.2, 0) is 19.1 Å². The van der Waals surface area contributed by atoms with E-state index < -0.39 is 24.2 Å². The summed E-state index contributed by atoms with van der Waals surface area (Å²) in [5.74, 6) is -0.592. The van der Waals surface area contributed by atoms with Crippen LogP contribution in [0.4, 0.5) is 4.79 Å². The Bertz CT molecular complexity index is 1070. The Kier molecular flexibility index (Phi) is 6.72. The van der Waals surface area contributed by atoms with Crippen molar-refractivity contribution in [3.63, 3.8) is 0 Å². The minimum atomic E-state index is -1.05. The number of rotatable bonds is 8. The summed E-state index contributed by atoms with van der Waals surface area (Å²) >= 11 is 0. The van der Waals surface area contributed by atoms with Crippen molar-refractivity contribution in [2.45, 2.75) is 43.7 Å². The molecule has 0 bridgehead atoms. The van der Waals surface area contributed by atoms with Gasteiger partial charge in [-0.1, -0.05) is 48.5 Å². The summed E-state index contributed by atoms with van der Waals surface area (Å²) in [5, 5.41) is 14.8. The molecule has 1 heterocycles. The van der Waals surface area contributed by atoms with Gasteiger partial charge in [-0.25, -0.2) is 9.59 Å². The molecule has 2 aromatic rings. The summed E-state index contributed by atoms with van der Waals surface area (Å²) in [6.45, 7) is 1.15. The van der Waals surface area contributed by atoms with Crippen LogP contribution in [0, 0.1) is 11.8 Å². The van der Waals surface area contributed by atoms with Gasteiger partial charge >= 0.3 is 12.1 Å². The second-order valence-corrected chi connectivity index (χ2v) is 9.71. The van der Waals surface area contributed by atoms with Gasteiger partial charge in [-0.15, -0.1) is 0 Å². The normalized spacial score (nSPS) is 24.7. The molecule has 3 N–H and O–H groups in total. The van der Waals surface area contributed by atoms with Crippen molar-refractivity contribution in [2.75, 3.05) is 19.8 Å². The van der Waals surface area contributed by atoms with Gasteiger partial charge < -0.3 is 25.2 Å². The highest BCUT2D eigenvalue weighted by Crippen LogP contribution is 2.44. The van der Waals surface area contributed by atoms with Crippen molar-refractivity contribution < 1.29 is 29.0 Å². The van der Waals surface area contributed by atoms with E-state index in [9.17, 15) is 14.4 Å². The summed E-state index contributed by atoms with van der Waals surface area (Å²) in [7, 11) is 0.